The monoisotopic (exact) mass is 1120 g/mol. The molecule has 0 aromatic heterocycles. The molecule has 0 radical (unpaired) electrons. The molecule has 456 valence electrons. The lowest BCUT2D eigenvalue weighted by Crippen LogP contribution is -2.30. The van der Waals surface area contributed by atoms with Gasteiger partial charge >= 0.3 is 17.9 Å². The predicted molar refractivity (Wildman–Crippen MR) is 357 cm³/mol. The van der Waals surface area contributed by atoms with Gasteiger partial charge in [-0.1, -0.05) is 279 Å². The van der Waals surface area contributed by atoms with E-state index in [1.165, 1.54) is 38.5 Å². The van der Waals surface area contributed by atoms with Crippen molar-refractivity contribution < 1.29 is 28.6 Å². The molecule has 0 aliphatic rings. The Morgan fingerprint density at radius 3 is 0.793 bits per heavy atom. The number of carbonyl (C=O) groups excluding carboxylic acids is 3. The fourth-order valence-corrected chi connectivity index (χ4v) is 8.07. The van der Waals surface area contributed by atoms with E-state index in [2.05, 4.69) is 215 Å². The number of allylic oxidation sites excluding steroid dienone is 32. The van der Waals surface area contributed by atoms with Crippen LogP contribution in [0.5, 0.6) is 0 Å². The number of ether oxygens (including phenoxy) is 3. The van der Waals surface area contributed by atoms with Crippen molar-refractivity contribution in [2.75, 3.05) is 13.2 Å². The molecular formula is C76H116O6. The van der Waals surface area contributed by atoms with Crippen molar-refractivity contribution in [1.82, 2.24) is 0 Å². The molecule has 0 fully saturated rings. The first-order valence-corrected chi connectivity index (χ1v) is 32.4. The summed E-state index contributed by atoms with van der Waals surface area (Å²) in [5.74, 6) is -1.00. The van der Waals surface area contributed by atoms with Crippen molar-refractivity contribution in [3.05, 3.63) is 194 Å². The Bertz CT molecular complexity index is 1970. The number of esters is 3. The smallest absolute Gasteiger partial charge is 0.306 e. The third-order valence-corrected chi connectivity index (χ3v) is 12.8. The summed E-state index contributed by atoms with van der Waals surface area (Å²) in [6.45, 7) is 6.27. The van der Waals surface area contributed by atoms with Gasteiger partial charge in [0.2, 0.25) is 0 Å². The maximum absolute atomic E-state index is 12.9. The van der Waals surface area contributed by atoms with E-state index in [0.29, 0.717) is 19.3 Å². The fourth-order valence-electron chi connectivity index (χ4n) is 8.07. The summed E-state index contributed by atoms with van der Waals surface area (Å²) in [6.07, 6.45) is 103. The fraction of sp³-hybridized carbons (Fsp3) is 0.539. The van der Waals surface area contributed by atoms with Gasteiger partial charge in [-0.3, -0.25) is 14.4 Å². The maximum atomic E-state index is 12.9. The van der Waals surface area contributed by atoms with Crippen LogP contribution in [0, 0.1) is 0 Å². The molecule has 0 N–H and O–H groups in total. The molecule has 1 unspecified atom stereocenters. The summed E-state index contributed by atoms with van der Waals surface area (Å²) in [6, 6.07) is 0. The van der Waals surface area contributed by atoms with Crippen LogP contribution in [0.1, 0.15) is 245 Å². The highest BCUT2D eigenvalue weighted by molar-refractivity contribution is 5.71. The average molecular weight is 1130 g/mol. The summed E-state index contributed by atoms with van der Waals surface area (Å²) in [5, 5.41) is 0. The van der Waals surface area contributed by atoms with Gasteiger partial charge in [-0.2, -0.15) is 0 Å². The van der Waals surface area contributed by atoms with Gasteiger partial charge in [0.05, 0.1) is 0 Å². The minimum absolute atomic E-state index is 0.110. The molecule has 0 aliphatic carbocycles. The predicted octanol–water partition coefficient (Wildman–Crippen LogP) is 22.6. The second-order valence-electron chi connectivity index (χ2n) is 20.6. The standard InChI is InChI=1S/C76H116O6/c1-4-7-10-13-16-18-20-22-24-26-28-30-32-34-36-38-40-42-44-46-48-50-52-54-56-58-60-63-66-69-75(78)81-72-73(71-80-74(77)68-65-62-15-12-9-6-3)82-76(79)70-67-64-61-59-57-55-53-51-49-47-45-43-41-39-37-35-33-31-29-27-25-23-21-19-17-14-11-8-5-2/h7-8,10-11,16-19,22-25,28-31,34-37,40-43,46-49,52,54,58,60,73H,4-6,9,12-15,20-21,26-27,32-33,38-39,44-45,50-51,53,55-57,59,61-72H2,1-3H3/b10-7-,11-8-,18-16-,19-17-,24-22-,25-23-,30-28-,31-29-,36-34-,37-35-,42-40-,43-41-,48-46-,49-47-,54-52-,60-58-. The molecule has 0 saturated heterocycles. The van der Waals surface area contributed by atoms with Crippen molar-refractivity contribution in [3.8, 4) is 0 Å². The van der Waals surface area contributed by atoms with Gasteiger partial charge in [-0.25, -0.2) is 0 Å². The van der Waals surface area contributed by atoms with E-state index >= 15 is 0 Å². The van der Waals surface area contributed by atoms with Crippen LogP contribution in [0.15, 0.2) is 194 Å². The van der Waals surface area contributed by atoms with E-state index in [9.17, 15) is 14.4 Å². The largest absolute Gasteiger partial charge is 0.462 e. The molecule has 0 bridgehead atoms. The Hall–Kier alpha value is -5.75. The molecule has 0 spiro atoms. The van der Waals surface area contributed by atoms with E-state index in [0.717, 1.165) is 161 Å². The van der Waals surface area contributed by atoms with E-state index in [1.807, 2.05) is 0 Å². The molecule has 0 heterocycles. The molecule has 0 amide bonds. The molecule has 6 nitrogen and oxygen atoms in total. The summed E-state index contributed by atoms with van der Waals surface area (Å²) < 4.78 is 16.7. The van der Waals surface area contributed by atoms with Crippen LogP contribution in [0.25, 0.3) is 0 Å². The molecular weight excluding hydrogens is 1010 g/mol. The molecule has 82 heavy (non-hydrogen) atoms. The zero-order chi connectivity index (χ0) is 59.2. The minimum atomic E-state index is -0.817. The first kappa shape index (κ1) is 76.2. The Kier molecular flexibility index (Phi) is 63.0. The highest BCUT2D eigenvalue weighted by atomic mass is 16.6. The van der Waals surface area contributed by atoms with Crippen molar-refractivity contribution >= 4 is 17.9 Å². The summed E-state index contributed by atoms with van der Waals surface area (Å²) in [4.78, 5) is 38.0. The lowest BCUT2D eigenvalue weighted by atomic mass is 10.1. The van der Waals surface area contributed by atoms with Gasteiger partial charge in [0.25, 0.3) is 0 Å². The zero-order valence-electron chi connectivity index (χ0n) is 52.2. The van der Waals surface area contributed by atoms with Gasteiger partial charge in [0.15, 0.2) is 6.10 Å². The molecule has 1 atom stereocenters. The van der Waals surface area contributed by atoms with Crippen molar-refractivity contribution in [2.45, 2.75) is 252 Å². The third kappa shape index (κ3) is 65.1. The van der Waals surface area contributed by atoms with Gasteiger partial charge in [0, 0.05) is 19.3 Å². The number of unbranched alkanes of at least 4 members (excludes halogenated alkanes) is 13. The topological polar surface area (TPSA) is 78.9 Å². The van der Waals surface area contributed by atoms with Crippen LogP contribution < -0.4 is 0 Å². The van der Waals surface area contributed by atoms with Gasteiger partial charge in [-0.05, 0) is 141 Å². The van der Waals surface area contributed by atoms with Crippen LogP contribution >= 0.6 is 0 Å². The number of hydrogen-bond acceptors (Lipinski definition) is 6. The van der Waals surface area contributed by atoms with Crippen LogP contribution in [0.2, 0.25) is 0 Å². The van der Waals surface area contributed by atoms with E-state index in [-0.39, 0.29) is 37.5 Å². The van der Waals surface area contributed by atoms with Gasteiger partial charge in [-0.15, -0.1) is 0 Å². The van der Waals surface area contributed by atoms with Crippen molar-refractivity contribution in [2.24, 2.45) is 0 Å². The summed E-state index contributed by atoms with van der Waals surface area (Å²) >= 11 is 0. The van der Waals surface area contributed by atoms with Crippen LogP contribution in [-0.4, -0.2) is 37.2 Å². The highest BCUT2D eigenvalue weighted by Crippen LogP contribution is 2.13. The summed E-state index contributed by atoms with van der Waals surface area (Å²) in [5.41, 5.74) is 0. The first-order chi connectivity index (χ1) is 40.5. The highest BCUT2D eigenvalue weighted by Gasteiger charge is 2.19. The average Bonchev–Trinajstić information content (AvgIpc) is 3.47. The summed E-state index contributed by atoms with van der Waals surface area (Å²) in [7, 11) is 0. The normalized spacial score (nSPS) is 13.5. The first-order valence-electron chi connectivity index (χ1n) is 32.4. The molecule has 6 heteroatoms. The minimum Gasteiger partial charge on any atom is -0.462 e. The van der Waals surface area contributed by atoms with E-state index in [4.69, 9.17) is 14.2 Å². The van der Waals surface area contributed by atoms with E-state index < -0.39 is 6.10 Å². The second-order valence-corrected chi connectivity index (χ2v) is 20.6. The lowest BCUT2D eigenvalue weighted by Gasteiger charge is -2.18. The number of rotatable bonds is 56. The van der Waals surface area contributed by atoms with Crippen LogP contribution in [0.4, 0.5) is 0 Å². The zero-order valence-corrected chi connectivity index (χ0v) is 52.2. The second kappa shape index (κ2) is 67.8. The Labute approximate surface area is 503 Å². The molecule has 0 aliphatic heterocycles. The van der Waals surface area contributed by atoms with Gasteiger partial charge in [0.1, 0.15) is 13.2 Å². The van der Waals surface area contributed by atoms with Crippen LogP contribution in [-0.2, 0) is 28.6 Å². The van der Waals surface area contributed by atoms with E-state index in [1.54, 1.807) is 0 Å². The molecule has 0 rings (SSSR count). The van der Waals surface area contributed by atoms with Gasteiger partial charge < -0.3 is 14.2 Å². The number of carbonyl (C=O) groups is 3. The number of hydrogen-bond donors (Lipinski definition) is 0. The Morgan fingerprint density at radius 2 is 0.488 bits per heavy atom. The SMILES string of the molecule is CC/C=C\C/C=C\C/C=C\C/C=C\C/C=C\C/C=C\C/C=C\C/C=C\C/C=C\CCCC(=O)OCC(COC(=O)CCCCCCCC)OC(=O)CCCCCCCCC/C=C\C/C=C\C/C=C\C/C=C\C/C=C\C/C=C\C/C=C\CC. The lowest BCUT2D eigenvalue weighted by molar-refractivity contribution is -0.167. The molecule has 0 saturated carbocycles. The third-order valence-electron chi connectivity index (χ3n) is 12.8. The van der Waals surface area contributed by atoms with Crippen molar-refractivity contribution in [3.63, 3.8) is 0 Å². The Balaban J connectivity index is 4.29. The molecule has 0 aromatic rings. The Morgan fingerprint density at radius 1 is 0.256 bits per heavy atom. The van der Waals surface area contributed by atoms with Crippen LogP contribution in [0.3, 0.4) is 0 Å². The van der Waals surface area contributed by atoms with Crippen molar-refractivity contribution in [1.29, 1.82) is 0 Å². The quantitative estimate of drug-likeness (QED) is 0.0261. The molecule has 0 aromatic carbocycles. The maximum Gasteiger partial charge on any atom is 0.306 e.